The van der Waals surface area contributed by atoms with E-state index in [1.165, 1.54) is 11.3 Å². The first-order valence-corrected chi connectivity index (χ1v) is 12.0. The highest BCUT2D eigenvalue weighted by molar-refractivity contribution is 7.22. The van der Waals surface area contributed by atoms with Crippen molar-refractivity contribution in [3.8, 4) is 11.5 Å². The van der Waals surface area contributed by atoms with E-state index in [0.29, 0.717) is 46.6 Å². The average molecular weight is 502 g/mol. The maximum Gasteiger partial charge on any atom is 0.250 e. The quantitative estimate of drug-likeness (QED) is 0.342. The van der Waals surface area contributed by atoms with Gasteiger partial charge in [-0.15, -0.1) is 0 Å². The number of hydrogen-bond acceptors (Lipinski definition) is 9. The Morgan fingerprint density at radius 1 is 1.29 bits per heavy atom. The van der Waals surface area contributed by atoms with Crippen LogP contribution >= 0.6 is 11.3 Å². The first-order valence-electron chi connectivity index (χ1n) is 11.2. The molecular weight excluding hydrogens is 476 g/mol. The zero-order valence-corrected chi connectivity index (χ0v) is 20.1. The second-order valence-corrected chi connectivity index (χ2v) is 9.50. The van der Waals surface area contributed by atoms with Crippen molar-refractivity contribution in [2.24, 2.45) is 7.05 Å². The smallest absolute Gasteiger partial charge is 0.250 e. The van der Waals surface area contributed by atoms with E-state index in [9.17, 15) is 8.78 Å². The minimum Gasteiger partial charge on any atom is -0.494 e. The molecule has 1 unspecified atom stereocenters. The van der Waals surface area contributed by atoms with Crippen LogP contribution in [0, 0.1) is 0 Å². The van der Waals surface area contributed by atoms with E-state index in [4.69, 9.17) is 9.47 Å². The third-order valence-corrected chi connectivity index (χ3v) is 6.62. The number of nitrogens with zero attached hydrogens (tertiary/aromatic N) is 5. The molecule has 9 nitrogen and oxygen atoms in total. The summed E-state index contributed by atoms with van der Waals surface area (Å²) >= 11 is 1.39. The third-order valence-electron chi connectivity index (χ3n) is 5.68. The van der Waals surface area contributed by atoms with E-state index in [2.05, 4.69) is 30.7 Å². The molecule has 0 aliphatic heterocycles. The predicted molar refractivity (Wildman–Crippen MR) is 130 cm³/mol. The lowest BCUT2D eigenvalue weighted by molar-refractivity contribution is -0.0373. The Labute approximate surface area is 204 Å². The standard InChI is InChI=1S/C23H25F2N7O2S/c1-32-12-16(11-27-32)29-21-26-7-5-15(28-21)13-34-17-8-18(33-2)20-19(9-17)35-22(31-20)30-14-4-3-6-23(24,25)10-14/h5,7-9,11-12,14H,3-4,6,10,13H2,1-2H3,(H,30,31)(H,26,28,29). The van der Waals surface area contributed by atoms with Crippen LogP contribution in [0.5, 0.6) is 11.5 Å². The summed E-state index contributed by atoms with van der Waals surface area (Å²) in [6, 6.07) is 5.11. The van der Waals surface area contributed by atoms with Gasteiger partial charge in [0.2, 0.25) is 11.9 Å². The van der Waals surface area contributed by atoms with Gasteiger partial charge in [-0.05, 0) is 25.0 Å². The number of ether oxygens (including phenoxy) is 2. The second-order valence-electron chi connectivity index (χ2n) is 8.47. The van der Waals surface area contributed by atoms with E-state index >= 15 is 0 Å². The lowest BCUT2D eigenvalue weighted by atomic mass is 9.92. The highest BCUT2D eigenvalue weighted by atomic mass is 32.1. The van der Waals surface area contributed by atoms with Gasteiger partial charge in [0, 0.05) is 44.4 Å². The molecule has 0 bridgehead atoms. The fraction of sp³-hybridized carbons (Fsp3) is 0.391. The van der Waals surface area contributed by atoms with Crippen LogP contribution in [0.1, 0.15) is 31.4 Å². The maximum atomic E-state index is 13.8. The number of methoxy groups -OCH3 is 1. The summed E-state index contributed by atoms with van der Waals surface area (Å²) in [6.45, 7) is 0.222. The minimum atomic E-state index is -2.63. The molecule has 12 heteroatoms. The van der Waals surface area contributed by atoms with E-state index in [0.717, 1.165) is 10.4 Å². The molecule has 3 aromatic heterocycles. The number of aromatic nitrogens is 5. The van der Waals surface area contributed by atoms with Crippen molar-refractivity contribution < 1.29 is 18.3 Å². The van der Waals surface area contributed by atoms with E-state index in [1.54, 1.807) is 36.3 Å². The van der Waals surface area contributed by atoms with Crippen LogP contribution in [0.25, 0.3) is 10.2 Å². The molecule has 0 spiro atoms. The zero-order chi connectivity index (χ0) is 24.4. The van der Waals surface area contributed by atoms with Crippen LogP contribution in [-0.2, 0) is 13.7 Å². The van der Waals surface area contributed by atoms with Gasteiger partial charge in [0.15, 0.2) is 5.13 Å². The Morgan fingerprint density at radius 2 is 2.17 bits per heavy atom. The summed E-state index contributed by atoms with van der Waals surface area (Å²) in [5, 5.41) is 11.0. The zero-order valence-electron chi connectivity index (χ0n) is 19.3. The van der Waals surface area contributed by atoms with Crippen LogP contribution in [0.2, 0.25) is 0 Å². The Bertz CT molecular complexity index is 1330. The summed E-state index contributed by atoms with van der Waals surface area (Å²) in [6.07, 6.45) is 6.15. The molecule has 1 aliphatic carbocycles. The molecule has 4 aromatic rings. The van der Waals surface area contributed by atoms with Crippen LogP contribution in [-0.4, -0.2) is 43.8 Å². The average Bonchev–Trinajstić information content (AvgIpc) is 3.41. The Balaban J connectivity index is 1.28. The first kappa shape index (κ1) is 23.2. The van der Waals surface area contributed by atoms with Crippen LogP contribution in [0.15, 0.2) is 36.8 Å². The number of anilines is 3. The number of alkyl halides is 2. The van der Waals surface area contributed by atoms with Gasteiger partial charge in [0.05, 0.1) is 29.4 Å². The van der Waals surface area contributed by atoms with Crippen molar-refractivity contribution in [2.45, 2.75) is 44.3 Å². The number of rotatable bonds is 8. The molecule has 2 N–H and O–H groups in total. The van der Waals surface area contributed by atoms with Gasteiger partial charge < -0.3 is 20.1 Å². The van der Waals surface area contributed by atoms with Gasteiger partial charge in [-0.2, -0.15) is 5.10 Å². The van der Waals surface area contributed by atoms with Gasteiger partial charge >= 0.3 is 0 Å². The normalized spacial score (nSPS) is 17.3. The molecule has 1 fully saturated rings. The van der Waals surface area contributed by atoms with Gasteiger partial charge in [-0.3, -0.25) is 4.68 Å². The third kappa shape index (κ3) is 5.59. The highest BCUT2D eigenvalue weighted by Gasteiger charge is 2.36. The van der Waals surface area contributed by atoms with Crippen molar-refractivity contribution in [3.63, 3.8) is 0 Å². The molecular formula is C23H25F2N7O2S. The second kappa shape index (κ2) is 9.61. The Hall–Kier alpha value is -3.54. The Kier molecular flexibility index (Phi) is 6.37. The molecule has 184 valence electrons. The summed E-state index contributed by atoms with van der Waals surface area (Å²) < 4.78 is 41.6. The molecule has 0 saturated heterocycles. The van der Waals surface area contributed by atoms with Crippen molar-refractivity contribution in [1.29, 1.82) is 0 Å². The predicted octanol–water partition coefficient (Wildman–Crippen LogP) is 5.14. The fourth-order valence-electron chi connectivity index (χ4n) is 4.05. The summed E-state index contributed by atoms with van der Waals surface area (Å²) in [5.41, 5.74) is 2.14. The molecule has 5 rings (SSSR count). The van der Waals surface area contributed by atoms with Crippen molar-refractivity contribution in [2.75, 3.05) is 17.7 Å². The number of halogens is 2. The van der Waals surface area contributed by atoms with Crippen LogP contribution in [0.3, 0.4) is 0 Å². The molecule has 35 heavy (non-hydrogen) atoms. The number of benzene rings is 1. The number of fused-ring (bicyclic) bond motifs is 1. The molecule has 1 aromatic carbocycles. The van der Waals surface area contributed by atoms with Crippen LogP contribution < -0.4 is 20.1 Å². The number of nitrogens with one attached hydrogen (secondary N) is 2. The summed E-state index contributed by atoms with van der Waals surface area (Å²) in [7, 11) is 3.39. The monoisotopic (exact) mass is 501 g/mol. The first-order chi connectivity index (χ1) is 16.9. The fourth-order valence-corrected chi connectivity index (χ4v) is 5.04. The summed E-state index contributed by atoms with van der Waals surface area (Å²) in [4.78, 5) is 13.3. The van der Waals surface area contributed by atoms with Crippen molar-refractivity contribution in [3.05, 3.63) is 42.5 Å². The van der Waals surface area contributed by atoms with Gasteiger partial charge in [-0.25, -0.2) is 23.7 Å². The SMILES string of the molecule is COc1cc(OCc2ccnc(Nc3cnn(C)c3)n2)cc2sc(NC3CCCC(F)(F)C3)nc12. The molecule has 3 heterocycles. The minimum absolute atomic E-state index is 0.0487. The topological polar surface area (TPSA) is 99.0 Å². The van der Waals surface area contributed by atoms with Gasteiger partial charge in [-0.1, -0.05) is 11.3 Å². The molecule has 1 aliphatic rings. The van der Waals surface area contributed by atoms with Crippen molar-refractivity contribution in [1.82, 2.24) is 24.7 Å². The van der Waals surface area contributed by atoms with E-state index in [-0.39, 0.29) is 25.5 Å². The van der Waals surface area contributed by atoms with E-state index in [1.807, 2.05) is 19.3 Å². The highest BCUT2D eigenvalue weighted by Crippen LogP contribution is 2.39. The van der Waals surface area contributed by atoms with Gasteiger partial charge in [0.25, 0.3) is 0 Å². The maximum absolute atomic E-state index is 13.8. The lowest BCUT2D eigenvalue weighted by Gasteiger charge is -2.29. The van der Waals surface area contributed by atoms with Crippen LogP contribution in [0.4, 0.5) is 25.5 Å². The molecule has 1 saturated carbocycles. The number of thiazole rings is 1. The largest absolute Gasteiger partial charge is 0.494 e. The Morgan fingerprint density at radius 3 is 2.94 bits per heavy atom. The molecule has 1 atom stereocenters. The lowest BCUT2D eigenvalue weighted by Crippen LogP contribution is -2.34. The number of aryl methyl sites for hydroxylation is 1. The number of hydrogen-bond donors (Lipinski definition) is 2. The van der Waals surface area contributed by atoms with Gasteiger partial charge in [0.1, 0.15) is 23.6 Å². The summed E-state index contributed by atoms with van der Waals surface area (Å²) in [5.74, 6) is -1.04. The van der Waals surface area contributed by atoms with E-state index < -0.39 is 5.92 Å². The van der Waals surface area contributed by atoms with Crippen molar-refractivity contribution >= 4 is 38.3 Å². The molecule has 0 radical (unpaired) electrons. The molecule has 0 amide bonds.